The third kappa shape index (κ3) is 3.30. The summed E-state index contributed by atoms with van der Waals surface area (Å²) in [5, 5.41) is 0. The first kappa shape index (κ1) is 11.6. The zero-order chi connectivity index (χ0) is 12.8. The van der Waals surface area contributed by atoms with Crippen LogP contribution in [0.5, 0.6) is 0 Å². The van der Waals surface area contributed by atoms with Gasteiger partial charge in [-0.25, -0.2) is 19.6 Å². The summed E-state index contributed by atoms with van der Waals surface area (Å²) < 4.78 is 2.21. The minimum absolute atomic E-state index is 0.726. The van der Waals surface area contributed by atoms with Crippen molar-refractivity contribution < 1.29 is 19.3 Å². The molecule has 92 valence electrons. The largest absolute Gasteiger partial charge is 0.356 e. The second kappa shape index (κ2) is 5.43. The number of carbonyl (C=O) groups excluding carboxylic acids is 2. The Labute approximate surface area is 101 Å². The molecule has 0 aliphatic heterocycles. The van der Waals surface area contributed by atoms with Crippen LogP contribution in [-0.4, -0.2) is 31.4 Å². The minimum Gasteiger partial charge on any atom is -0.331 e. The van der Waals surface area contributed by atoms with Gasteiger partial charge in [0, 0.05) is 24.5 Å². The van der Waals surface area contributed by atoms with E-state index in [9.17, 15) is 9.59 Å². The van der Waals surface area contributed by atoms with Crippen LogP contribution in [0.3, 0.4) is 0 Å². The van der Waals surface area contributed by atoms with E-state index in [1.165, 1.54) is 37.4 Å². The second-order valence-corrected chi connectivity index (χ2v) is 3.00. The van der Waals surface area contributed by atoms with Crippen molar-refractivity contribution in [2.45, 2.75) is 0 Å². The van der Waals surface area contributed by atoms with Crippen LogP contribution in [0, 0.1) is 0 Å². The molecule has 2 heterocycles. The van der Waals surface area contributed by atoms with Crippen LogP contribution in [0.2, 0.25) is 0 Å². The topological polar surface area (TPSA) is 88.2 Å². The van der Waals surface area contributed by atoms with E-state index >= 15 is 0 Å². The molecule has 0 unspecified atom stereocenters. The van der Waals surface area contributed by atoms with Gasteiger partial charge in [-0.2, -0.15) is 9.46 Å². The van der Waals surface area contributed by atoms with E-state index in [1.807, 2.05) is 0 Å². The van der Waals surface area contributed by atoms with E-state index in [1.54, 1.807) is 0 Å². The van der Waals surface area contributed by atoms with Gasteiger partial charge in [-0.05, 0) is 0 Å². The molecule has 0 saturated heterocycles. The minimum atomic E-state index is -0.726. The lowest BCUT2D eigenvalue weighted by molar-refractivity contribution is -0.141. The Balaban J connectivity index is 1.83. The number of imidazole rings is 2. The average Bonchev–Trinajstić information content (AvgIpc) is 2.99. The van der Waals surface area contributed by atoms with E-state index in [0.717, 1.165) is 21.6 Å². The Bertz CT molecular complexity index is 494. The standard InChI is InChI=1S/C10H8N4O4/c15-9(17-13-5-3-11-7-13)1-2-10(16)18-14-6-4-12-8-14/h1-8H/b2-1+. The summed E-state index contributed by atoms with van der Waals surface area (Å²) in [6, 6.07) is 0. The van der Waals surface area contributed by atoms with E-state index in [4.69, 9.17) is 9.68 Å². The third-order valence-electron chi connectivity index (χ3n) is 1.71. The van der Waals surface area contributed by atoms with Crippen molar-refractivity contribution in [3.63, 3.8) is 0 Å². The van der Waals surface area contributed by atoms with Gasteiger partial charge in [-0.1, -0.05) is 0 Å². The second-order valence-electron chi connectivity index (χ2n) is 3.00. The van der Waals surface area contributed by atoms with Crippen LogP contribution < -0.4 is 9.68 Å². The van der Waals surface area contributed by atoms with Crippen molar-refractivity contribution in [2.75, 3.05) is 0 Å². The Morgan fingerprint density at radius 1 is 0.889 bits per heavy atom. The maximum Gasteiger partial charge on any atom is 0.356 e. The van der Waals surface area contributed by atoms with E-state index < -0.39 is 11.9 Å². The summed E-state index contributed by atoms with van der Waals surface area (Å²) in [4.78, 5) is 39.3. The lowest BCUT2D eigenvalue weighted by Gasteiger charge is -2.00. The van der Waals surface area contributed by atoms with Gasteiger partial charge in [0.25, 0.3) is 0 Å². The Morgan fingerprint density at radius 2 is 1.33 bits per heavy atom. The van der Waals surface area contributed by atoms with Crippen molar-refractivity contribution in [3.8, 4) is 0 Å². The van der Waals surface area contributed by atoms with Gasteiger partial charge in [-0.15, -0.1) is 0 Å². The van der Waals surface area contributed by atoms with Crippen LogP contribution >= 0.6 is 0 Å². The zero-order valence-electron chi connectivity index (χ0n) is 9.04. The molecule has 18 heavy (non-hydrogen) atoms. The molecule has 0 amide bonds. The van der Waals surface area contributed by atoms with Crippen LogP contribution in [-0.2, 0) is 9.59 Å². The lowest BCUT2D eigenvalue weighted by Crippen LogP contribution is -2.18. The van der Waals surface area contributed by atoms with Crippen molar-refractivity contribution in [1.29, 1.82) is 0 Å². The summed E-state index contributed by atoms with van der Waals surface area (Å²) in [6.45, 7) is 0. The fraction of sp³-hybridized carbons (Fsp3) is 0. The summed E-state index contributed by atoms with van der Waals surface area (Å²) in [5.41, 5.74) is 0. The Morgan fingerprint density at radius 3 is 1.67 bits per heavy atom. The van der Waals surface area contributed by atoms with Crippen LogP contribution in [0.15, 0.2) is 49.6 Å². The van der Waals surface area contributed by atoms with Gasteiger partial charge in [-0.3, -0.25) is 0 Å². The Kier molecular flexibility index (Phi) is 3.50. The monoisotopic (exact) mass is 248 g/mol. The van der Waals surface area contributed by atoms with Crippen molar-refractivity contribution in [2.24, 2.45) is 0 Å². The molecule has 8 heteroatoms. The first-order valence-electron chi connectivity index (χ1n) is 4.82. The fourth-order valence-corrected chi connectivity index (χ4v) is 1.01. The highest BCUT2D eigenvalue weighted by atomic mass is 16.7. The van der Waals surface area contributed by atoms with E-state index in [-0.39, 0.29) is 0 Å². The lowest BCUT2D eigenvalue weighted by atomic mass is 10.5. The molecular weight excluding hydrogens is 240 g/mol. The predicted octanol–water partition coefficient (Wildman–Crippen LogP) is -0.754. The highest BCUT2D eigenvalue weighted by Crippen LogP contribution is 1.86. The molecule has 2 aromatic heterocycles. The quantitative estimate of drug-likeness (QED) is 0.661. The van der Waals surface area contributed by atoms with Gasteiger partial charge >= 0.3 is 11.9 Å². The van der Waals surface area contributed by atoms with Crippen molar-refractivity contribution in [1.82, 2.24) is 19.4 Å². The zero-order valence-corrected chi connectivity index (χ0v) is 9.04. The molecule has 2 rings (SSSR count). The number of hydrogen-bond donors (Lipinski definition) is 0. The van der Waals surface area contributed by atoms with Gasteiger partial charge < -0.3 is 9.68 Å². The molecule has 0 atom stereocenters. The normalized spacial score (nSPS) is 10.4. The first-order valence-corrected chi connectivity index (χ1v) is 4.82. The molecule has 0 fully saturated rings. The molecule has 0 saturated carbocycles. The molecule has 0 aliphatic carbocycles. The predicted molar refractivity (Wildman–Crippen MR) is 56.8 cm³/mol. The highest BCUT2D eigenvalue weighted by Gasteiger charge is 2.03. The van der Waals surface area contributed by atoms with Crippen LogP contribution in [0.25, 0.3) is 0 Å². The van der Waals surface area contributed by atoms with Gasteiger partial charge in [0.2, 0.25) is 0 Å². The smallest absolute Gasteiger partial charge is 0.331 e. The first-order chi connectivity index (χ1) is 8.74. The molecule has 0 aromatic carbocycles. The Hall–Kier alpha value is -2.90. The molecule has 8 nitrogen and oxygen atoms in total. The SMILES string of the molecule is O=C(/C=C/C(=O)On1ccnc1)On1ccnc1. The van der Waals surface area contributed by atoms with Gasteiger partial charge in [0.15, 0.2) is 0 Å². The van der Waals surface area contributed by atoms with Gasteiger partial charge in [0.1, 0.15) is 12.7 Å². The highest BCUT2D eigenvalue weighted by molar-refractivity contribution is 5.91. The summed E-state index contributed by atoms with van der Waals surface area (Å²) in [6.07, 6.45) is 10.3. The summed E-state index contributed by atoms with van der Waals surface area (Å²) >= 11 is 0. The molecule has 0 spiro atoms. The third-order valence-corrected chi connectivity index (χ3v) is 1.71. The summed E-state index contributed by atoms with van der Waals surface area (Å²) in [5.74, 6) is -1.45. The summed E-state index contributed by atoms with van der Waals surface area (Å²) in [7, 11) is 0. The van der Waals surface area contributed by atoms with Crippen LogP contribution in [0.4, 0.5) is 0 Å². The molecular formula is C10H8N4O4. The van der Waals surface area contributed by atoms with Crippen LogP contribution in [0.1, 0.15) is 0 Å². The number of nitrogens with zero attached hydrogens (tertiary/aromatic N) is 4. The van der Waals surface area contributed by atoms with Crippen molar-refractivity contribution in [3.05, 3.63) is 49.6 Å². The molecule has 0 aliphatic rings. The number of carbonyl (C=O) groups is 2. The maximum absolute atomic E-state index is 11.2. The van der Waals surface area contributed by atoms with E-state index in [2.05, 4.69) is 9.97 Å². The fourth-order valence-electron chi connectivity index (χ4n) is 1.01. The van der Waals surface area contributed by atoms with Gasteiger partial charge in [0.05, 0.1) is 12.4 Å². The van der Waals surface area contributed by atoms with E-state index in [0.29, 0.717) is 0 Å². The molecule has 2 aromatic rings. The number of rotatable bonds is 4. The average molecular weight is 248 g/mol. The number of hydrogen-bond acceptors (Lipinski definition) is 6. The molecule has 0 N–H and O–H groups in total. The van der Waals surface area contributed by atoms with Crippen molar-refractivity contribution >= 4 is 11.9 Å². The molecule has 0 radical (unpaired) electrons. The number of aromatic nitrogens is 4. The molecule has 0 bridgehead atoms. The maximum atomic E-state index is 11.2.